The zero-order chi connectivity index (χ0) is 14.6. The molecule has 0 radical (unpaired) electrons. The van der Waals surface area contributed by atoms with Crippen molar-refractivity contribution in [3.8, 4) is 5.75 Å². The van der Waals surface area contributed by atoms with E-state index in [1.165, 1.54) is 13.2 Å². The molecule has 1 atom stereocenters. The summed E-state index contributed by atoms with van der Waals surface area (Å²) >= 11 is 4.18. The van der Waals surface area contributed by atoms with Crippen LogP contribution in [-0.2, 0) is 4.79 Å². The Morgan fingerprint density at radius 1 is 1.58 bits per heavy atom. The molecule has 1 rings (SSSR count). The molecule has 5 nitrogen and oxygen atoms in total. The Bertz CT molecular complexity index is 480. The highest BCUT2D eigenvalue weighted by molar-refractivity contribution is 9.11. The molecule has 0 aromatic carbocycles. The number of carboxylic acid groups (broad SMARTS) is 1. The number of carbonyl (C=O) groups excluding carboxylic acids is 1. The molecule has 0 saturated carbocycles. The average Bonchev–Trinajstić information content (AvgIpc) is 2.69. The maximum atomic E-state index is 12.2. The van der Waals surface area contributed by atoms with Crippen LogP contribution in [0.3, 0.4) is 0 Å². The molecule has 9 heteroatoms. The van der Waals surface area contributed by atoms with Crippen molar-refractivity contribution in [1.82, 2.24) is 5.32 Å². The number of alkyl halides is 2. The van der Waals surface area contributed by atoms with Gasteiger partial charge in [0, 0.05) is 12.5 Å². The Morgan fingerprint density at radius 3 is 2.63 bits per heavy atom. The van der Waals surface area contributed by atoms with E-state index in [4.69, 9.17) is 9.84 Å². The summed E-state index contributed by atoms with van der Waals surface area (Å²) in [6.07, 6.45) is -3.75. The third-order valence-electron chi connectivity index (χ3n) is 2.12. The van der Waals surface area contributed by atoms with Crippen LogP contribution in [0.2, 0.25) is 0 Å². The molecule has 1 aromatic rings. The van der Waals surface area contributed by atoms with Gasteiger partial charge in [-0.15, -0.1) is 11.3 Å². The Morgan fingerprint density at radius 2 is 2.21 bits per heavy atom. The molecule has 0 aliphatic heterocycles. The molecule has 2 N–H and O–H groups in total. The maximum absolute atomic E-state index is 12.2. The van der Waals surface area contributed by atoms with Crippen LogP contribution in [0.5, 0.6) is 5.75 Å². The summed E-state index contributed by atoms with van der Waals surface area (Å²) < 4.78 is 29.9. The summed E-state index contributed by atoms with van der Waals surface area (Å²) in [7, 11) is 1.41. The molecule has 0 bridgehead atoms. The van der Waals surface area contributed by atoms with Crippen LogP contribution >= 0.6 is 27.3 Å². The first kappa shape index (κ1) is 15.8. The van der Waals surface area contributed by atoms with E-state index < -0.39 is 30.8 Å². The Kier molecular flexibility index (Phi) is 5.67. The summed E-state index contributed by atoms with van der Waals surface area (Å²) in [6.45, 7) is 0. The van der Waals surface area contributed by atoms with Gasteiger partial charge in [-0.2, -0.15) is 0 Å². The van der Waals surface area contributed by atoms with E-state index in [0.717, 1.165) is 11.3 Å². The number of amides is 1. The lowest BCUT2D eigenvalue weighted by molar-refractivity contribution is -0.140. The minimum absolute atomic E-state index is 0.171. The van der Waals surface area contributed by atoms with Gasteiger partial charge in [0.1, 0.15) is 15.6 Å². The number of hydrogen-bond acceptors (Lipinski definition) is 4. The van der Waals surface area contributed by atoms with E-state index in [9.17, 15) is 18.4 Å². The minimum Gasteiger partial charge on any atom is -0.495 e. The summed E-state index contributed by atoms with van der Waals surface area (Å²) in [4.78, 5) is 22.7. The smallest absolute Gasteiger partial charge is 0.326 e. The number of thiophene rings is 1. The van der Waals surface area contributed by atoms with Crippen molar-refractivity contribution in [2.24, 2.45) is 0 Å². The first-order valence-corrected chi connectivity index (χ1v) is 6.61. The monoisotopic (exact) mass is 357 g/mol. The number of carboxylic acids is 1. The highest BCUT2D eigenvalue weighted by Crippen LogP contribution is 2.34. The van der Waals surface area contributed by atoms with Gasteiger partial charge in [-0.1, -0.05) is 0 Å². The Balaban J connectivity index is 2.78. The van der Waals surface area contributed by atoms with Gasteiger partial charge in [0.05, 0.1) is 12.0 Å². The maximum Gasteiger partial charge on any atom is 0.326 e. The van der Waals surface area contributed by atoms with Gasteiger partial charge >= 0.3 is 5.97 Å². The molecular formula is C10H10BrF2NO4S. The van der Waals surface area contributed by atoms with Crippen molar-refractivity contribution in [3.05, 3.63) is 14.7 Å². The molecule has 1 aromatic heterocycles. The molecule has 1 unspecified atom stereocenters. The predicted molar refractivity (Wildman–Crippen MR) is 68.1 cm³/mol. The van der Waals surface area contributed by atoms with Crippen molar-refractivity contribution >= 4 is 39.1 Å². The first-order valence-electron chi connectivity index (χ1n) is 5.00. The van der Waals surface area contributed by atoms with Gasteiger partial charge in [-0.3, -0.25) is 4.79 Å². The third kappa shape index (κ3) is 4.43. The number of ether oxygens (including phenoxy) is 1. The quantitative estimate of drug-likeness (QED) is 0.819. The van der Waals surface area contributed by atoms with Crippen molar-refractivity contribution in [1.29, 1.82) is 0 Å². The number of nitrogens with one attached hydrogen (secondary N) is 1. The topological polar surface area (TPSA) is 75.6 Å². The highest BCUT2D eigenvalue weighted by Gasteiger charge is 2.25. The largest absolute Gasteiger partial charge is 0.495 e. The third-order valence-corrected chi connectivity index (χ3v) is 3.90. The van der Waals surface area contributed by atoms with E-state index in [1.54, 1.807) is 0 Å². The molecule has 0 aliphatic rings. The number of rotatable bonds is 6. The van der Waals surface area contributed by atoms with E-state index >= 15 is 0 Å². The second-order valence-corrected chi connectivity index (χ2v) is 5.81. The van der Waals surface area contributed by atoms with Gasteiger partial charge in [-0.25, -0.2) is 13.6 Å². The van der Waals surface area contributed by atoms with Crippen LogP contribution < -0.4 is 10.1 Å². The number of aliphatic carboxylic acids is 1. The lowest BCUT2D eigenvalue weighted by atomic mass is 10.2. The summed E-state index contributed by atoms with van der Waals surface area (Å²) in [5, 5.41) is 10.8. The fraction of sp³-hybridized carbons (Fsp3) is 0.400. The Labute approximate surface area is 119 Å². The molecule has 19 heavy (non-hydrogen) atoms. The van der Waals surface area contributed by atoms with Gasteiger partial charge in [-0.05, 0) is 15.9 Å². The van der Waals surface area contributed by atoms with E-state index in [-0.39, 0.29) is 4.88 Å². The van der Waals surface area contributed by atoms with Crippen LogP contribution in [-0.4, -0.2) is 36.6 Å². The molecule has 1 heterocycles. The SMILES string of the molecule is COc1cc(C(=O)NC(CC(F)F)C(=O)O)sc1Br. The van der Waals surface area contributed by atoms with Crippen molar-refractivity contribution in [2.75, 3.05) is 7.11 Å². The Hall–Kier alpha value is -1.22. The fourth-order valence-corrected chi connectivity index (χ4v) is 2.79. The van der Waals surface area contributed by atoms with Gasteiger partial charge < -0.3 is 15.2 Å². The van der Waals surface area contributed by atoms with Crippen molar-refractivity contribution in [3.63, 3.8) is 0 Å². The van der Waals surface area contributed by atoms with Gasteiger partial charge in [0.2, 0.25) is 6.43 Å². The predicted octanol–water partition coefficient (Wildman–Crippen LogP) is 2.36. The zero-order valence-corrected chi connectivity index (χ0v) is 12.1. The van der Waals surface area contributed by atoms with Gasteiger partial charge in [0.15, 0.2) is 0 Å². The number of carbonyl (C=O) groups is 2. The normalized spacial score (nSPS) is 12.3. The van der Waals surface area contributed by atoms with E-state index in [0.29, 0.717) is 9.54 Å². The molecule has 106 valence electrons. The number of hydrogen-bond donors (Lipinski definition) is 2. The summed E-state index contributed by atoms with van der Waals surface area (Å²) in [5.41, 5.74) is 0. The lowest BCUT2D eigenvalue weighted by Gasteiger charge is -2.12. The zero-order valence-electron chi connectivity index (χ0n) is 9.65. The number of halogens is 3. The first-order chi connectivity index (χ1) is 8.85. The van der Waals surface area contributed by atoms with E-state index in [2.05, 4.69) is 15.9 Å². The van der Waals surface area contributed by atoms with Crippen LogP contribution in [0.4, 0.5) is 8.78 Å². The van der Waals surface area contributed by atoms with Crippen LogP contribution in [0.15, 0.2) is 9.85 Å². The lowest BCUT2D eigenvalue weighted by Crippen LogP contribution is -2.41. The average molecular weight is 358 g/mol. The molecule has 0 saturated heterocycles. The van der Waals surface area contributed by atoms with Crippen molar-refractivity contribution < 1.29 is 28.2 Å². The molecular weight excluding hydrogens is 348 g/mol. The molecule has 0 spiro atoms. The van der Waals surface area contributed by atoms with E-state index in [1.807, 2.05) is 5.32 Å². The van der Waals surface area contributed by atoms with Crippen LogP contribution in [0, 0.1) is 0 Å². The second-order valence-electron chi connectivity index (χ2n) is 3.44. The highest BCUT2D eigenvalue weighted by atomic mass is 79.9. The fourth-order valence-electron chi connectivity index (χ4n) is 1.23. The summed E-state index contributed by atoms with van der Waals surface area (Å²) in [5.74, 6) is -1.82. The number of methoxy groups -OCH3 is 1. The van der Waals surface area contributed by atoms with Crippen LogP contribution in [0.1, 0.15) is 16.1 Å². The molecule has 1 amide bonds. The standard InChI is InChI=1S/C10H10BrF2NO4S/c1-18-5-3-6(19-8(5)11)9(15)14-4(10(16)17)2-7(12)13/h3-4,7H,2H2,1H3,(H,14,15)(H,16,17). The second kappa shape index (κ2) is 6.80. The van der Waals surface area contributed by atoms with Crippen molar-refractivity contribution in [2.45, 2.75) is 18.9 Å². The summed E-state index contributed by atoms with van der Waals surface area (Å²) in [6, 6.07) is -0.231. The minimum atomic E-state index is -2.81. The van der Waals surface area contributed by atoms with Gasteiger partial charge in [0.25, 0.3) is 5.91 Å². The molecule has 0 fully saturated rings. The van der Waals surface area contributed by atoms with Crippen LogP contribution in [0.25, 0.3) is 0 Å². The molecule has 0 aliphatic carbocycles.